The Hall–Kier alpha value is -0.400. The lowest BCUT2D eigenvalue weighted by molar-refractivity contribution is -0.128. The highest BCUT2D eigenvalue weighted by Gasteiger charge is 2.64. The van der Waals surface area contributed by atoms with Gasteiger partial charge in [-0.1, -0.05) is 33.1 Å². The maximum absolute atomic E-state index is 12.1. The molecule has 0 aliphatic heterocycles. The molecular formula is C23H40O5S2. The Balaban J connectivity index is 0.000000214. The van der Waals surface area contributed by atoms with E-state index in [1.165, 1.54) is 19.3 Å². The number of rotatable bonds is 5. The van der Waals surface area contributed by atoms with E-state index >= 15 is 0 Å². The zero-order chi connectivity index (χ0) is 23.0. The summed E-state index contributed by atoms with van der Waals surface area (Å²) in [6.45, 7) is 10.6. The van der Waals surface area contributed by atoms with Gasteiger partial charge in [0, 0.05) is 17.8 Å². The Labute approximate surface area is 186 Å². The molecule has 3 aliphatic rings. The number of fused-ring (bicyclic) bond motifs is 2. The Morgan fingerprint density at radius 3 is 2.10 bits per heavy atom. The highest BCUT2D eigenvalue weighted by Crippen LogP contribution is 2.64. The van der Waals surface area contributed by atoms with Gasteiger partial charge in [0.15, 0.2) is 11.5 Å². The van der Waals surface area contributed by atoms with Gasteiger partial charge in [0.05, 0.1) is 22.1 Å². The van der Waals surface area contributed by atoms with Crippen LogP contribution in [0.1, 0.15) is 86.0 Å². The number of Topliss-reactive ketones (excluding diaryl/α,β-unsaturated/α-hetero) is 2. The molecule has 5 nitrogen and oxygen atoms in total. The van der Waals surface area contributed by atoms with Gasteiger partial charge in [0.2, 0.25) is 0 Å². The topological polar surface area (TPSA) is 91.3 Å². The molecule has 0 saturated heterocycles. The van der Waals surface area contributed by atoms with E-state index in [1.54, 1.807) is 0 Å². The molecule has 3 unspecified atom stereocenters. The lowest BCUT2D eigenvalue weighted by Crippen LogP contribution is -2.42. The molecule has 7 heteroatoms. The molecule has 3 rings (SSSR count). The van der Waals surface area contributed by atoms with Gasteiger partial charge < -0.3 is 4.55 Å². The second kappa shape index (κ2) is 9.22. The Bertz CT molecular complexity index is 744. The average Bonchev–Trinajstić information content (AvgIpc) is 2.95. The maximum atomic E-state index is 12.1. The molecule has 3 saturated carbocycles. The summed E-state index contributed by atoms with van der Waals surface area (Å²) < 4.78 is 33.0. The van der Waals surface area contributed by atoms with E-state index in [0.717, 1.165) is 25.0 Å². The molecule has 0 aromatic carbocycles. The van der Waals surface area contributed by atoms with Gasteiger partial charge in [-0.3, -0.25) is 9.59 Å². The van der Waals surface area contributed by atoms with Crippen molar-refractivity contribution in [2.75, 3.05) is 17.8 Å². The second-order valence-corrected chi connectivity index (χ2v) is 15.3. The van der Waals surface area contributed by atoms with Gasteiger partial charge in [-0.05, 0) is 68.7 Å². The van der Waals surface area contributed by atoms with Crippen LogP contribution in [0.25, 0.3) is 0 Å². The molecule has 30 heavy (non-hydrogen) atoms. The molecule has 0 heterocycles. The summed E-state index contributed by atoms with van der Waals surface area (Å²) in [6, 6.07) is 0. The predicted octanol–water partition coefficient (Wildman–Crippen LogP) is 4.11. The molecule has 0 radical (unpaired) electrons. The molecule has 0 spiro atoms. The first-order chi connectivity index (χ1) is 13.6. The Morgan fingerprint density at radius 2 is 1.70 bits per heavy atom. The normalized spacial score (nSPS) is 30.0. The standard InChI is InChI=1S/C13H25OS.C10H16O4S/c1-13(2,3)15(4)10-12(14)11-8-6-5-7-9-11;1-9(2)7-3-4-10(9,8(11)5-7)6-15(12,13)14/h11H,5-10H2,1-4H3;7H,3-6H2,1-2H3,(H,12,13,14)/q+1;/p-1. The SMILES string of the molecule is CC1(C)C2CCC1(CS(=O)(=O)[O-])C(=O)C2.C[S+](CC(=O)C1CCCCC1)C(C)(C)C. The third-order valence-corrected chi connectivity index (χ3v) is 11.7. The molecule has 0 aromatic rings. The summed E-state index contributed by atoms with van der Waals surface area (Å²) in [5, 5.41) is 0. The van der Waals surface area contributed by atoms with Crippen molar-refractivity contribution in [3.05, 3.63) is 0 Å². The van der Waals surface area contributed by atoms with Crippen molar-refractivity contribution in [1.82, 2.24) is 0 Å². The quantitative estimate of drug-likeness (QED) is 0.455. The molecule has 3 fully saturated rings. The first-order valence-corrected chi connectivity index (χ1v) is 14.6. The summed E-state index contributed by atoms with van der Waals surface area (Å²) in [5.74, 6) is 1.47. The molecule has 0 amide bonds. The van der Waals surface area contributed by atoms with Crippen molar-refractivity contribution in [2.45, 2.75) is 90.7 Å². The van der Waals surface area contributed by atoms with Crippen LogP contribution in [0.3, 0.4) is 0 Å². The number of hydrogen-bond donors (Lipinski definition) is 0. The maximum Gasteiger partial charge on any atom is 0.184 e. The zero-order valence-corrected chi connectivity index (χ0v) is 21.2. The van der Waals surface area contributed by atoms with Crippen molar-refractivity contribution < 1.29 is 22.6 Å². The van der Waals surface area contributed by atoms with Gasteiger partial charge in [-0.25, -0.2) is 8.42 Å². The van der Waals surface area contributed by atoms with E-state index in [4.69, 9.17) is 0 Å². The van der Waals surface area contributed by atoms with Gasteiger partial charge in [0.25, 0.3) is 0 Å². The van der Waals surface area contributed by atoms with Crippen LogP contribution in [-0.4, -0.2) is 47.0 Å². The van der Waals surface area contributed by atoms with Crippen LogP contribution < -0.4 is 0 Å². The smallest absolute Gasteiger partial charge is 0.184 e. The molecule has 2 bridgehead atoms. The molecular weight excluding hydrogens is 420 g/mol. The van der Waals surface area contributed by atoms with Crippen LogP contribution in [0.2, 0.25) is 0 Å². The largest absolute Gasteiger partial charge is 0.748 e. The zero-order valence-electron chi connectivity index (χ0n) is 19.6. The van der Waals surface area contributed by atoms with E-state index in [-0.39, 0.29) is 28.0 Å². The summed E-state index contributed by atoms with van der Waals surface area (Å²) in [4.78, 5) is 23.9. The first kappa shape index (κ1) is 25.9. The van der Waals surface area contributed by atoms with Gasteiger partial charge >= 0.3 is 0 Å². The Morgan fingerprint density at radius 1 is 1.13 bits per heavy atom. The predicted molar refractivity (Wildman–Crippen MR) is 123 cm³/mol. The van der Waals surface area contributed by atoms with Gasteiger partial charge in [0.1, 0.15) is 10.5 Å². The van der Waals surface area contributed by atoms with Crippen LogP contribution in [0.5, 0.6) is 0 Å². The third-order valence-electron chi connectivity index (χ3n) is 8.03. The first-order valence-electron chi connectivity index (χ1n) is 11.2. The molecule has 0 N–H and O–H groups in total. The van der Waals surface area contributed by atoms with E-state index in [1.807, 2.05) is 13.8 Å². The van der Waals surface area contributed by atoms with Crippen molar-refractivity contribution in [3.8, 4) is 0 Å². The summed E-state index contributed by atoms with van der Waals surface area (Å²) in [6.07, 6.45) is 10.3. The number of hydrogen-bond acceptors (Lipinski definition) is 5. The molecule has 174 valence electrons. The number of carbonyl (C=O) groups is 2. The summed E-state index contributed by atoms with van der Waals surface area (Å²) in [7, 11) is -4.09. The average molecular weight is 461 g/mol. The Kier molecular flexibility index (Phi) is 7.95. The summed E-state index contributed by atoms with van der Waals surface area (Å²) in [5.41, 5.74) is -1.22. The van der Waals surface area contributed by atoms with E-state index in [2.05, 4.69) is 27.0 Å². The third kappa shape index (κ3) is 5.69. The fourth-order valence-corrected chi connectivity index (χ4v) is 7.76. The molecule has 3 aliphatic carbocycles. The van der Waals surface area contributed by atoms with Gasteiger partial charge in [-0.2, -0.15) is 0 Å². The van der Waals surface area contributed by atoms with Crippen molar-refractivity contribution >= 4 is 32.6 Å². The van der Waals surface area contributed by atoms with Crippen LogP contribution in [0.4, 0.5) is 0 Å². The van der Waals surface area contributed by atoms with E-state index in [0.29, 0.717) is 29.3 Å². The highest BCUT2D eigenvalue weighted by atomic mass is 32.2. The number of carbonyl (C=O) groups excluding carboxylic acids is 2. The minimum absolute atomic E-state index is 0.0248. The van der Waals surface area contributed by atoms with Crippen LogP contribution in [0, 0.1) is 22.7 Å². The molecule has 0 aromatic heterocycles. The minimum Gasteiger partial charge on any atom is -0.748 e. The molecule has 3 atom stereocenters. The lowest BCUT2D eigenvalue weighted by Gasteiger charge is -2.37. The van der Waals surface area contributed by atoms with E-state index in [9.17, 15) is 22.6 Å². The van der Waals surface area contributed by atoms with Crippen molar-refractivity contribution in [3.63, 3.8) is 0 Å². The fourth-order valence-electron chi connectivity index (χ4n) is 5.38. The highest BCUT2D eigenvalue weighted by molar-refractivity contribution is 7.98. The van der Waals surface area contributed by atoms with Gasteiger partial charge in [-0.15, -0.1) is 0 Å². The fraction of sp³-hybridized carbons (Fsp3) is 0.913. The van der Waals surface area contributed by atoms with Crippen LogP contribution >= 0.6 is 0 Å². The monoisotopic (exact) mass is 460 g/mol. The second-order valence-electron chi connectivity index (χ2n) is 11.1. The van der Waals surface area contributed by atoms with Crippen LogP contribution in [0.15, 0.2) is 0 Å². The number of ketones is 2. The minimum atomic E-state index is -4.33. The van der Waals surface area contributed by atoms with Crippen molar-refractivity contribution in [1.29, 1.82) is 0 Å². The lowest BCUT2D eigenvalue weighted by atomic mass is 9.70. The van der Waals surface area contributed by atoms with E-state index < -0.39 is 21.3 Å². The van der Waals surface area contributed by atoms with Crippen LogP contribution in [-0.2, 0) is 30.6 Å². The van der Waals surface area contributed by atoms with Crippen molar-refractivity contribution in [2.24, 2.45) is 22.7 Å². The summed E-state index contributed by atoms with van der Waals surface area (Å²) >= 11 is 0.